The number of nitrogens with zero attached hydrogens (tertiary/aromatic N) is 1. The molecule has 1 amide bonds. The molecule has 2 N–H and O–H groups in total. The molecule has 1 aliphatic rings. The van der Waals surface area contributed by atoms with Crippen molar-refractivity contribution in [3.05, 3.63) is 53.2 Å². The highest BCUT2D eigenvalue weighted by Gasteiger charge is 2.25. The largest absolute Gasteiger partial charge is 0.497 e. The molecule has 0 radical (unpaired) electrons. The third kappa shape index (κ3) is 4.52. The Morgan fingerprint density at radius 2 is 1.80 bits per heavy atom. The zero-order chi connectivity index (χ0) is 21.7. The molecule has 9 heteroatoms. The molecule has 2 aromatic carbocycles. The molecule has 1 heterocycles. The fourth-order valence-corrected chi connectivity index (χ4v) is 2.72. The number of hydrogen-bond donors (Lipinski definition) is 1. The van der Waals surface area contributed by atoms with Crippen LogP contribution in [0.5, 0.6) is 23.0 Å². The van der Waals surface area contributed by atoms with Gasteiger partial charge in [0.05, 0.1) is 21.3 Å². The van der Waals surface area contributed by atoms with E-state index in [9.17, 15) is 9.59 Å². The molecule has 3 rings (SSSR count). The molecule has 0 unspecified atom stereocenters. The van der Waals surface area contributed by atoms with Gasteiger partial charge in [-0.25, -0.2) is 9.79 Å². The average molecular weight is 412 g/mol. The minimum Gasteiger partial charge on any atom is -0.497 e. The lowest BCUT2D eigenvalue weighted by atomic mass is 10.1. The van der Waals surface area contributed by atoms with Gasteiger partial charge in [0.25, 0.3) is 5.91 Å². The predicted molar refractivity (Wildman–Crippen MR) is 108 cm³/mol. The summed E-state index contributed by atoms with van der Waals surface area (Å²) in [6.45, 7) is -0.340. The van der Waals surface area contributed by atoms with Crippen molar-refractivity contribution in [1.29, 1.82) is 0 Å². The van der Waals surface area contributed by atoms with Gasteiger partial charge in [0.15, 0.2) is 23.8 Å². The van der Waals surface area contributed by atoms with Gasteiger partial charge < -0.3 is 29.4 Å². The van der Waals surface area contributed by atoms with E-state index >= 15 is 0 Å². The van der Waals surface area contributed by atoms with E-state index in [0.717, 1.165) is 0 Å². The van der Waals surface area contributed by atoms with E-state index in [2.05, 4.69) is 4.99 Å². The first kappa shape index (κ1) is 20.7. The van der Waals surface area contributed by atoms with Crippen LogP contribution in [0.15, 0.2) is 47.1 Å². The monoisotopic (exact) mass is 412 g/mol. The quantitative estimate of drug-likeness (QED) is 0.520. The van der Waals surface area contributed by atoms with Crippen molar-refractivity contribution in [3.8, 4) is 23.0 Å². The number of esters is 1. The Morgan fingerprint density at radius 1 is 1.10 bits per heavy atom. The fourth-order valence-electron chi connectivity index (χ4n) is 2.72. The topological polar surface area (TPSA) is 119 Å². The molecule has 9 nitrogen and oxygen atoms in total. The number of aliphatic imine (C=N–C) groups is 1. The van der Waals surface area contributed by atoms with Crippen LogP contribution >= 0.6 is 0 Å². The van der Waals surface area contributed by atoms with E-state index in [1.54, 1.807) is 43.5 Å². The molecule has 1 aliphatic heterocycles. The van der Waals surface area contributed by atoms with Crippen molar-refractivity contribution < 1.29 is 33.3 Å². The Morgan fingerprint density at radius 3 is 2.40 bits per heavy atom. The number of amides is 1. The molecule has 0 atom stereocenters. The van der Waals surface area contributed by atoms with Gasteiger partial charge in [-0.15, -0.1) is 0 Å². The van der Waals surface area contributed by atoms with E-state index < -0.39 is 11.9 Å². The number of benzene rings is 2. The van der Waals surface area contributed by atoms with Gasteiger partial charge in [-0.2, -0.15) is 0 Å². The van der Waals surface area contributed by atoms with Crippen molar-refractivity contribution in [2.24, 2.45) is 10.7 Å². The maximum absolute atomic E-state index is 12.3. The van der Waals surface area contributed by atoms with Gasteiger partial charge in [-0.3, -0.25) is 4.79 Å². The number of nitrogens with two attached hydrogens (primary N) is 1. The van der Waals surface area contributed by atoms with E-state index in [0.29, 0.717) is 28.4 Å². The minimum atomic E-state index is -0.640. The van der Waals surface area contributed by atoms with Crippen molar-refractivity contribution >= 4 is 23.9 Å². The number of carbonyl (C=O) groups is 2. The van der Waals surface area contributed by atoms with Gasteiger partial charge in [-0.05, 0) is 42.0 Å². The summed E-state index contributed by atoms with van der Waals surface area (Å²) in [5.74, 6) is 0.362. The summed E-state index contributed by atoms with van der Waals surface area (Å²) in [5.41, 5.74) is 6.39. The smallest absolute Gasteiger partial charge is 0.363 e. The second kappa shape index (κ2) is 8.99. The number of rotatable bonds is 8. The average Bonchev–Trinajstić information content (AvgIpc) is 3.12. The summed E-state index contributed by atoms with van der Waals surface area (Å²) in [5, 5.41) is 0. The summed E-state index contributed by atoms with van der Waals surface area (Å²) < 4.78 is 26.5. The molecule has 0 saturated heterocycles. The van der Waals surface area contributed by atoms with E-state index in [1.165, 1.54) is 20.3 Å². The molecule has 0 saturated carbocycles. The van der Waals surface area contributed by atoms with Crippen LogP contribution in [-0.4, -0.2) is 45.7 Å². The van der Waals surface area contributed by atoms with Crippen molar-refractivity contribution in [2.75, 3.05) is 27.9 Å². The summed E-state index contributed by atoms with van der Waals surface area (Å²) >= 11 is 0. The van der Waals surface area contributed by atoms with E-state index in [-0.39, 0.29) is 24.0 Å². The molecule has 0 aromatic heterocycles. The zero-order valence-corrected chi connectivity index (χ0v) is 16.6. The lowest BCUT2D eigenvalue weighted by Gasteiger charge is -2.14. The lowest BCUT2D eigenvalue weighted by molar-refractivity contribution is -0.130. The normalized spacial score (nSPS) is 14.2. The van der Waals surface area contributed by atoms with Gasteiger partial charge in [0.2, 0.25) is 11.6 Å². The van der Waals surface area contributed by atoms with Crippen LogP contribution in [0.1, 0.15) is 11.1 Å². The van der Waals surface area contributed by atoms with Crippen LogP contribution in [0.2, 0.25) is 0 Å². The maximum Gasteiger partial charge on any atom is 0.363 e. The second-order valence-corrected chi connectivity index (χ2v) is 6.08. The maximum atomic E-state index is 12.3. The lowest BCUT2D eigenvalue weighted by Crippen LogP contribution is -2.20. The van der Waals surface area contributed by atoms with Gasteiger partial charge in [-0.1, -0.05) is 6.07 Å². The Balaban J connectivity index is 1.96. The van der Waals surface area contributed by atoms with Crippen molar-refractivity contribution in [1.82, 2.24) is 0 Å². The molecule has 30 heavy (non-hydrogen) atoms. The van der Waals surface area contributed by atoms with Crippen LogP contribution in [0.4, 0.5) is 0 Å². The number of carbonyl (C=O) groups excluding carboxylic acids is 2. The molecule has 0 fully saturated rings. The number of cyclic esters (lactones) is 1. The Bertz CT molecular complexity index is 1020. The minimum absolute atomic E-state index is 0.0998. The van der Waals surface area contributed by atoms with E-state index in [1.807, 2.05) is 0 Å². The molecule has 0 aliphatic carbocycles. The Kier molecular flexibility index (Phi) is 6.21. The van der Waals surface area contributed by atoms with Crippen LogP contribution in [0, 0.1) is 0 Å². The Hall–Kier alpha value is -4.01. The van der Waals surface area contributed by atoms with Crippen LogP contribution in [0.3, 0.4) is 0 Å². The third-order valence-corrected chi connectivity index (χ3v) is 4.08. The number of ether oxygens (including phenoxy) is 5. The number of methoxy groups -OCH3 is 3. The molecular weight excluding hydrogens is 392 g/mol. The predicted octanol–water partition coefficient (Wildman–Crippen LogP) is 1.92. The second-order valence-electron chi connectivity index (χ2n) is 6.08. The first-order chi connectivity index (χ1) is 14.4. The summed E-state index contributed by atoms with van der Waals surface area (Å²) in [6.07, 6.45) is 1.53. The van der Waals surface area contributed by atoms with Crippen molar-refractivity contribution in [2.45, 2.75) is 0 Å². The zero-order valence-electron chi connectivity index (χ0n) is 16.6. The highest BCUT2D eigenvalue weighted by molar-refractivity contribution is 6.13. The third-order valence-electron chi connectivity index (χ3n) is 4.08. The number of hydrogen-bond acceptors (Lipinski definition) is 8. The number of primary amides is 1. The highest BCUT2D eigenvalue weighted by Crippen LogP contribution is 2.39. The Labute approximate surface area is 172 Å². The van der Waals surface area contributed by atoms with Gasteiger partial charge >= 0.3 is 5.97 Å². The van der Waals surface area contributed by atoms with E-state index in [4.69, 9.17) is 29.4 Å². The molecule has 0 spiro atoms. The SMILES string of the molecule is COc1cccc(C2=N/C(=C/c3cc(OC)c(OCC(N)=O)c(OC)c3)C(=O)O2)c1. The molecule has 156 valence electrons. The molecular formula is C21H20N2O7. The van der Waals surface area contributed by atoms with Crippen molar-refractivity contribution in [3.63, 3.8) is 0 Å². The summed E-state index contributed by atoms with van der Waals surface area (Å²) in [7, 11) is 4.42. The highest BCUT2D eigenvalue weighted by atomic mass is 16.6. The van der Waals surface area contributed by atoms with Gasteiger partial charge in [0, 0.05) is 5.56 Å². The molecule has 0 bridgehead atoms. The first-order valence-corrected chi connectivity index (χ1v) is 8.79. The van der Waals surface area contributed by atoms with Crippen LogP contribution in [-0.2, 0) is 14.3 Å². The standard InChI is InChI=1S/C21H20N2O7/c1-26-14-6-4-5-13(10-14)20-23-15(21(25)30-20)7-12-8-16(27-2)19(17(9-12)28-3)29-11-18(22)24/h4-10H,11H2,1-3H3,(H2,22,24)/b15-7+. The van der Waals surface area contributed by atoms with Crippen LogP contribution < -0.4 is 24.7 Å². The first-order valence-electron chi connectivity index (χ1n) is 8.79. The molecule has 2 aromatic rings. The van der Waals surface area contributed by atoms with Crippen LogP contribution in [0.25, 0.3) is 6.08 Å². The fraction of sp³-hybridized carbons (Fsp3) is 0.190. The summed E-state index contributed by atoms with van der Waals surface area (Å²) in [6, 6.07) is 10.2. The summed E-state index contributed by atoms with van der Waals surface area (Å²) in [4.78, 5) is 27.6. The van der Waals surface area contributed by atoms with Gasteiger partial charge in [0.1, 0.15) is 5.75 Å².